The third-order valence-corrected chi connectivity index (χ3v) is 3.57. The Morgan fingerprint density at radius 2 is 1.91 bits per heavy atom. The number of rotatable bonds is 7. The zero-order valence-corrected chi connectivity index (χ0v) is 12.6. The maximum absolute atomic E-state index is 8.77. The number of nitrogens with zero attached hydrogens (tertiary/aromatic N) is 5. The largest absolute Gasteiger partial charge is 0.376 e. The fraction of sp³-hybridized carbons (Fsp3) is 0.235. The summed E-state index contributed by atoms with van der Waals surface area (Å²) in [5.41, 5.74) is 11.8. The van der Waals surface area contributed by atoms with E-state index >= 15 is 0 Å². The highest BCUT2D eigenvalue weighted by molar-refractivity contribution is 5.74. The molecule has 0 spiro atoms. The van der Waals surface area contributed by atoms with Crippen molar-refractivity contribution in [3.8, 4) is 0 Å². The quantitative estimate of drug-likeness (QED) is 0.377. The van der Waals surface area contributed by atoms with E-state index in [-0.39, 0.29) is 6.04 Å². The second kappa shape index (κ2) is 7.45. The first-order chi connectivity index (χ1) is 11.4. The summed E-state index contributed by atoms with van der Waals surface area (Å²) < 4.78 is 7.68. The molecule has 1 aromatic heterocycles. The number of hydrogen-bond donors (Lipinski definition) is 0. The van der Waals surface area contributed by atoms with E-state index in [0.717, 1.165) is 16.6 Å². The summed E-state index contributed by atoms with van der Waals surface area (Å²) in [6, 6.07) is 17.5. The van der Waals surface area contributed by atoms with Gasteiger partial charge in [0.05, 0.1) is 36.6 Å². The summed E-state index contributed by atoms with van der Waals surface area (Å²) in [5, 5.41) is 3.84. The Hall–Kier alpha value is -2.82. The lowest BCUT2D eigenvalue weighted by molar-refractivity contribution is 0.104. The highest BCUT2D eigenvalue weighted by atomic mass is 16.5. The molecule has 0 saturated carbocycles. The predicted molar refractivity (Wildman–Crippen MR) is 88.8 cm³/mol. The van der Waals surface area contributed by atoms with Crippen LogP contribution in [-0.4, -0.2) is 22.2 Å². The number of hydrogen-bond acceptors (Lipinski definition) is 3. The fourth-order valence-electron chi connectivity index (χ4n) is 2.47. The smallest absolute Gasteiger partial charge is 0.0958 e. The van der Waals surface area contributed by atoms with Crippen LogP contribution in [0.15, 0.2) is 66.0 Å². The molecule has 0 amide bonds. The van der Waals surface area contributed by atoms with Gasteiger partial charge in [0.2, 0.25) is 0 Å². The lowest BCUT2D eigenvalue weighted by atomic mass is 10.2. The van der Waals surface area contributed by atoms with Crippen molar-refractivity contribution in [3.05, 3.63) is 76.9 Å². The van der Waals surface area contributed by atoms with E-state index in [4.69, 9.17) is 10.3 Å². The van der Waals surface area contributed by atoms with Gasteiger partial charge >= 0.3 is 0 Å². The molecule has 116 valence electrons. The number of aromatic nitrogens is 2. The number of fused-ring (bicyclic) bond motifs is 1. The summed E-state index contributed by atoms with van der Waals surface area (Å²) in [6.45, 7) is 1.41. The SMILES string of the molecule is [N-]=[N+]=N[C@H](COCc1ccccc1)Cn1cnc2ccccc21. The highest BCUT2D eigenvalue weighted by Crippen LogP contribution is 2.13. The average Bonchev–Trinajstić information content (AvgIpc) is 2.99. The molecule has 0 aliphatic carbocycles. The van der Waals surface area contributed by atoms with Crippen molar-refractivity contribution in [1.29, 1.82) is 0 Å². The monoisotopic (exact) mass is 307 g/mol. The summed E-state index contributed by atoms with van der Waals surface area (Å²) in [5.74, 6) is 0. The second-order valence-electron chi connectivity index (χ2n) is 5.25. The first-order valence-corrected chi connectivity index (χ1v) is 7.42. The van der Waals surface area contributed by atoms with E-state index in [0.29, 0.717) is 19.8 Å². The average molecular weight is 307 g/mol. The molecule has 2 aromatic carbocycles. The maximum Gasteiger partial charge on any atom is 0.0958 e. The van der Waals surface area contributed by atoms with Crippen LogP contribution in [0.4, 0.5) is 0 Å². The third-order valence-electron chi connectivity index (χ3n) is 3.57. The van der Waals surface area contributed by atoms with E-state index < -0.39 is 0 Å². The molecule has 0 unspecified atom stereocenters. The number of ether oxygens (including phenoxy) is 1. The Morgan fingerprint density at radius 3 is 2.74 bits per heavy atom. The van der Waals surface area contributed by atoms with Crippen molar-refractivity contribution in [2.75, 3.05) is 6.61 Å². The van der Waals surface area contributed by atoms with Gasteiger partial charge in [0.15, 0.2) is 0 Å². The molecular weight excluding hydrogens is 290 g/mol. The molecule has 6 nitrogen and oxygen atoms in total. The minimum absolute atomic E-state index is 0.277. The standard InChI is InChI=1S/C17H17N5O/c18-21-20-15(12-23-11-14-6-2-1-3-7-14)10-22-13-19-16-8-4-5-9-17(16)22/h1-9,13,15H,10-12H2/t15-/m0/s1. The molecule has 0 aliphatic heterocycles. The van der Waals surface area contributed by atoms with Gasteiger partial charge in [0, 0.05) is 11.5 Å². The van der Waals surface area contributed by atoms with E-state index in [1.54, 1.807) is 6.33 Å². The molecule has 23 heavy (non-hydrogen) atoms. The Kier molecular flexibility index (Phi) is 4.88. The Labute approximate surface area is 134 Å². The van der Waals surface area contributed by atoms with Crippen molar-refractivity contribution in [2.45, 2.75) is 19.2 Å². The Balaban J connectivity index is 1.63. The fourth-order valence-corrected chi connectivity index (χ4v) is 2.47. The van der Waals surface area contributed by atoms with Crippen LogP contribution in [-0.2, 0) is 17.9 Å². The van der Waals surface area contributed by atoms with E-state index in [1.807, 2.05) is 59.2 Å². The molecular formula is C17H17N5O. The molecule has 6 heteroatoms. The number of benzene rings is 2. The van der Waals surface area contributed by atoms with Gasteiger partial charge in [-0.3, -0.25) is 0 Å². The van der Waals surface area contributed by atoms with Crippen LogP contribution < -0.4 is 0 Å². The summed E-state index contributed by atoms with van der Waals surface area (Å²) in [7, 11) is 0. The second-order valence-corrected chi connectivity index (χ2v) is 5.25. The predicted octanol–water partition coefficient (Wildman–Crippen LogP) is 3.93. The molecule has 0 saturated heterocycles. The van der Waals surface area contributed by atoms with Crippen molar-refractivity contribution in [3.63, 3.8) is 0 Å². The molecule has 0 N–H and O–H groups in total. The van der Waals surface area contributed by atoms with E-state index in [9.17, 15) is 0 Å². The van der Waals surface area contributed by atoms with Crippen LogP contribution in [0.2, 0.25) is 0 Å². The summed E-state index contributed by atoms with van der Waals surface area (Å²) in [4.78, 5) is 7.28. The van der Waals surface area contributed by atoms with E-state index in [2.05, 4.69) is 15.0 Å². The molecule has 1 atom stereocenters. The van der Waals surface area contributed by atoms with Crippen molar-refractivity contribution in [1.82, 2.24) is 9.55 Å². The summed E-state index contributed by atoms with van der Waals surface area (Å²) in [6.07, 6.45) is 1.77. The molecule has 0 aliphatic rings. The van der Waals surface area contributed by atoms with Crippen LogP contribution >= 0.6 is 0 Å². The first kappa shape index (κ1) is 15.1. The zero-order valence-electron chi connectivity index (χ0n) is 12.6. The lowest BCUT2D eigenvalue weighted by Crippen LogP contribution is -2.19. The molecule has 0 radical (unpaired) electrons. The van der Waals surface area contributed by atoms with Gasteiger partial charge < -0.3 is 9.30 Å². The number of imidazole rings is 1. The molecule has 1 heterocycles. The van der Waals surface area contributed by atoms with E-state index in [1.165, 1.54) is 0 Å². The molecule has 3 aromatic rings. The van der Waals surface area contributed by atoms with Gasteiger partial charge in [-0.2, -0.15) is 0 Å². The van der Waals surface area contributed by atoms with Gasteiger partial charge in [0.1, 0.15) is 0 Å². The normalized spacial score (nSPS) is 12.0. The maximum atomic E-state index is 8.77. The van der Waals surface area contributed by atoms with Crippen molar-refractivity contribution >= 4 is 11.0 Å². The Morgan fingerprint density at radius 1 is 1.13 bits per heavy atom. The van der Waals surface area contributed by atoms with Gasteiger partial charge in [-0.1, -0.05) is 47.6 Å². The number of azide groups is 1. The van der Waals surface area contributed by atoms with Crippen LogP contribution in [0.25, 0.3) is 21.5 Å². The van der Waals surface area contributed by atoms with Gasteiger partial charge in [-0.15, -0.1) is 0 Å². The van der Waals surface area contributed by atoms with Crippen LogP contribution in [0.5, 0.6) is 0 Å². The number of para-hydroxylation sites is 2. The van der Waals surface area contributed by atoms with Crippen molar-refractivity contribution in [2.24, 2.45) is 5.11 Å². The molecule has 0 bridgehead atoms. The van der Waals surface area contributed by atoms with Crippen LogP contribution in [0.3, 0.4) is 0 Å². The van der Waals surface area contributed by atoms with Crippen LogP contribution in [0.1, 0.15) is 5.56 Å². The van der Waals surface area contributed by atoms with Crippen molar-refractivity contribution < 1.29 is 4.74 Å². The summed E-state index contributed by atoms with van der Waals surface area (Å²) >= 11 is 0. The zero-order chi connectivity index (χ0) is 15.9. The lowest BCUT2D eigenvalue weighted by Gasteiger charge is -2.13. The topological polar surface area (TPSA) is 75.8 Å². The third kappa shape index (κ3) is 3.88. The minimum atomic E-state index is -0.277. The van der Waals surface area contributed by atoms with Gasteiger partial charge in [-0.25, -0.2) is 4.98 Å². The van der Waals surface area contributed by atoms with Crippen LogP contribution in [0, 0.1) is 0 Å². The first-order valence-electron chi connectivity index (χ1n) is 7.42. The molecule has 0 fully saturated rings. The molecule has 3 rings (SSSR count). The van der Waals surface area contributed by atoms with Gasteiger partial charge in [0.25, 0.3) is 0 Å². The minimum Gasteiger partial charge on any atom is -0.376 e. The highest BCUT2D eigenvalue weighted by Gasteiger charge is 2.10. The Bertz CT molecular complexity index is 808. The van der Waals surface area contributed by atoms with Gasteiger partial charge in [-0.05, 0) is 23.2 Å².